The number of methoxy groups -OCH3 is 1. The lowest BCUT2D eigenvalue weighted by molar-refractivity contribution is -0.137. The molecule has 0 radical (unpaired) electrons. The van der Waals surface area contributed by atoms with Crippen LogP contribution in [0.25, 0.3) is 28.7 Å². The molecule has 206 valence electrons. The maximum atomic E-state index is 12.0. The molecule has 0 atom stereocenters. The molecule has 4 aromatic rings. The smallest absolute Gasteiger partial charge is 0.330 e. The van der Waals surface area contributed by atoms with E-state index in [0.717, 1.165) is 35.4 Å². The molecule has 0 saturated heterocycles. The van der Waals surface area contributed by atoms with Gasteiger partial charge in [-0.1, -0.05) is 24.3 Å². The monoisotopic (exact) mass is 539 g/mol. The second-order valence-electron chi connectivity index (χ2n) is 9.85. The summed E-state index contributed by atoms with van der Waals surface area (Å²) in [6.45, 7) is 6.83. The summed E-state index contributed by atoms with van der Waals surface area (Å²) in [6.07, 6.45) is 12.3. The van der Waals surface area contributed by atoms with Crippen LogP contribution in [0.1, 0.15) is 62.4 Å². The van der Waals surface area contributed by atoms with E-state index < -0.39 is 5.97 Å². The zero-order valence-electron chi connectivity index (χ0n) is 23.2. The minimum absolute atomic E-state index is 0.301. The van der Waals surface area contributed by atoms with Crippen LogP contribution in [-0.4, -0.2) is 49.2 Å². The summed E-state index contributed by atoms with van der Waals surface area (Å²) in [5, 5.41) is 3.42. The van der Waals surface area contributed by atoms with Crippen LogP contribution in [0.3, 0.4) is 0 Å². The van der Waals surface area contributed by atoms with Gasteiger partial charge in [-0.3, -0.25) is 0 Å². The lowest BCUT2D eigenvalue weighted by atomic mass is 10.1. The predicted octanol–water partition coefficient (Wildman–Crippen LogP) is 5.45. The molecule has 0 amide bonds. The van der Waals surface area contributed by atoms with E-state index >= 15 is 0 Å². The normalized spacial score (nSPS) is 13.1. The second kappa shape index (κ2) is 12.1. The van der Waals surface area contributed by atoms with Crippen molar-refractivity contribution in [3.05, 3.63) is 72.2 Å². The van der Waals surface area contributed by atoms with Crippen molar-refractivity contribution in [3.63, 3.8) is 0 Å². The van der Waals surface area contributed by atoms with Crippen molar-refractivity contribution in [2.75, 3.05) is 19.0 Å². The van der Waals surface area contributed by atoms with E-state index in [1.54, 1.807) is 26.3 Å². The molecule has 10 nitrogen and oxygen atoms in total. The highest BCUT2D eigenvalue weighted by Gasteiger charge is 2.31. The van der Waals surface area contributed by atoms with Crippen LogP contribution >= 0.6 is 0 Å². The number of nitrogens with zero attached hydrogens (tertiary/aromatic N) is 6. The van der Waals surface area contributed by atoms with Gasteiger partial charge in [0.25, 0.3) is 0 Å². The summed E-state index contributed by atoms with van der Waals surface area (Å²) in [4.78, 5) is 34.8. The Morgan fingerprint density at radius 3 is 2.62 bits per heavy atom. The highest BCUT2D eigenvalue weighted by atomic mass is 16.5. The molecule has 0 unspecified atom stereocenters. The number of benzene rings is 1. The van der Waals surface area contributed by atoms with Crippen molar-refractivity contribution in [2.24, 2.45) is 0 Å². The van der Waals surface area contributed by atoms with Gasteiger partial charge in [0.05, 0.1) is 31.4 Å². The molecule has 1 fully saturated rings. The fraction of sp³-hybridized carbons (Fsp3) is 0.333. The summed E-state index contributed by atoms with van der Waals surface area (Å²) in [7, 11) is 1.58. The first-order valence-electron chi connectivity index (χ1n) is 13.4. The van der Waals surface area contributed by atoms with Gasteiger partial charge in [0.15, 0.2) is 5.82 Å². The van der Waals surface area contributed by atoms with Crippen LogP contribution in [-0.2, 0) is 16.1 Å². The Bertz CT molecular complexity index is 1510. The summed E-state index contributed by atoms with van der Waals surface area (Å²) < 4.78 is 12.7. The number of hydrogen-bond donors (Lipinski definition) is 1. The number of rotatable bonds is 11. The molecule has 0 aliphatic heterocycles. The molecule has 10 heteroatoms. The summed E-state index contributed by atoms with van der Waals surface area (Å²) in [5.74, 6) is 1.39. The third-order valence-corrected chi connectivity index (χ3v) is 6.63. The minimum Gasteiger partial charge on any atom is -0.480 e. The number of esters is 1. The maximum Gasteiger partial charge on any atom is 0.330 e. The second-order valence-corrected chi connectivity index (χ2v) is 9.85. The molecule has 5 rings (SSSR count). The van der Waals surface area contributed by atoms with E-state index in [0.29, 0.717) is 53.8 Å². The largest absolute Gasteiger partial charge is 0.480 e. The van der Waals surface area contributed by atoms with Crippen molar-refractivity contribution < 1.29 is 14.3 Å². The molecule has 0 bridgehead atoms. The number of carbonyl (C=O) groups is 1. The van der Waals surface area contributed by atoms with E-state index in [-0.39, 0.29) is 0 Å². The van der Waals surface area contributed by atoms with Crippen molar-refractivity contribution >= 4 is 17.9 Å². The van der Waals surface area contributed by atoms with Gasteiger partial charge in [0.2, 0.25) is 5.88 Å². The van der Waals surface area contributed by atoms with Gasteiger partial charge in [-0.25, -0.2) is 29.7 Å². The van der Waals surface area contributed by atoms with E-state index in [2.05, 4.69) is 74.1 Å². The van der Waals surface area contributed by atoms with Crippen LogP contribution in [0.2, 0.25) is 0 Å². The highest BCUT2D eigenvalue weighted by Crippen LogP contribution is 2.45. The molecule has 1 N–H and O–H groups in total. The average molecular weight is 540 g/mol. The molecule has 1 aliphatic carbocycles. The molecule has 1 saturated carbocycles. The topological polar surface area (TPSA) is 117 Å². The Labute approximate surface area is 233 Å². The van der Waals surface area contributed by atoms with Gasteiger partial charge >= 0.3 is 5.97 Å². The van der Waals surface area contributed by atoms with Gasteiger partial charge < -0.3 is 19.4 Å². The first-order valence-corrected chi connectivity index (χ1v) is 13.4. The molecule has 0 spiro atoms. The van der Waals surface area contributed by atoms with E-state index in [4.69, 9.17) is 14.5 Å². The zero-order valence-corrected chi connectivity index (χ0v) is 23.2. The molecule has 3 heterocycles. The Hall–Kier alpha value is -4.60. The van der Waals surface area contributed by atoms with Crippen molar-refractivity contribution in [1.82, 2.24) is 29.5 Å². The van der Waals surface area contributed by atoms with Crippen LogP contribution in [0.4, 0.5) is 5.82 Å². The van der Waals surface area contributed by atoms with E-state index in [1.165, 1.54) is 12.4 Å². The Morgan fingerprint density at radius 2 is 1.95 bits per heavy atom. The van der Waals surface area contributed by atoms with Crippen molar-refractivity contribution in [3.8, 4) is 28.5 Å². The van der Waals surface area contributed by atoms with Crippen LogP contribution < -0.4 is 10.1 Å². The number of imidazole rings is 1. The van der Waals surface area contributed by atoms with Gasteiger partial charge in [-0.05, 0) is 45.3 Å². The van der Waals surface area contributed by atoms with Gasteiger partial charge in [-0.2, -0.15) is 0 Å². The number of hydrogen-bond acceptors (Lipinski definition) is 9. The molecule has 1 aromatic carbocycles. The Kier molecular flexibility index (Phi) is 8.14. The minimum atomic E-state index is -0.429. The summed E-state index contributed by atoms with van der Waals surface area (Å²) in [6, 6.07) is 8.60. The summed E-state index contributed by atoms with van der Waals surface area (Å²) in [5.41, 5.74) is 5.29. The predicted molar refractivity (Wildman–Crippen MR) is 153 cm³/mol. The quantitative estimate of drug-likeness (QED) is 0.196. The summed E-state index contributed by atoms with van der Waals surface area (Å²) >= 11 is 0. The lowest BCUT2D eigenvalue weighted by Gasteiger charge is -2.14. The van der Waals surface area contributed by atoms with Crippen LogP contribution in [0, 0.1) is 0 Å². The third-order valence-electron chi connectivity index (χ3n) is 6.63. The zero-order chi connectivity index (χ0) is 28.1. The number of ether oxygens (including phenoxy) is 2. The lowest BCUT2D eigenvalue weighted by Crippen LogP contribution is -2.07. The Balaban J connectivity index is 1.42. The van der Waals surface area contributed by atoms with Crippen molar-refractivity contribution in [1.29, 1.82) is 0 Å². The fourth-order valence-electron chi connectivity index (χ4n) is 4.28. The number of anilines is 1. The van der Waals surface area contributed by atoms with Crippen LogP contribution in [0.15, 0.2) is 55.4 Å². The maximum absolute atomic E-state index is 12.0. The van der Waals surface area contributed by atoms with Crippen LogP contribution in [0.5, 0.6) is 5.88 Å². The molecule has 40 heavy (non-hydrogen) atoms. The number of aromatic nitrogens is 6. The Morgan fingerprint density at radius 1 is 1.15 bits per heavy atom. The molecular formula is C30H33N7O3. The molecule has 3 aromatic heterocycles. The fourth-order valence-corrected chi connectivity index (χ4v) is 4.28. The first-order chi connectivity index (χ1) is 19.5. The molecular weight excluding hydrogens is 506 g/mol. The third kappa shape index (κ3) is 6.17. The van der Waals surface area contributed by atoms with E-state index in [1.807, 2.05) is 6.33 Å². The first kappa shape index (κ1) is 27.0. The van der Waals surface area contributed by atoms with Gasteiger partial charge in [0, 0.05) is 48.1 Å². The SMILES string of the molecule is CCOC(=O)/C=C/c1cnc(-c2c(OC)ncnc2C2CC2)nc1NCc1ccc(-c2cn(C(C)C)cn2)cc1. The van der Waals surface area contributed by atoms with Gasteiger partial charge in [0.1, 0.15) is 17.7 Å². The number of nitrogens with one attached hydrogen (secondary N) is 1. The van der Waals surface area contributed by atoms with E-state index in [9.17, 15) is 4.79 Å². The standard InChI is InChI=1S/C30H33N7O3/c1-5-40-25(38)13-12-23-15-32-29(26-27(22-10-11-22)33-17-34-30(26)39-4)36-28(23)31-14-20-6-8-21(9-7-20)24-16-37(18-35-24)19(2)3/h6-9,12-13,15-19,22H,5,10-11,14H2,1-4H3,(H,31,32,36)/b13-12+. The van der Waals surface area contributed by atoms with Crippen molar-refractivity contribution in [2.45, 2.75) is 52.1 Å². The molecule has 1 aliphatic rings. The average Bonchev–Trinajstić information content (AvgIpc) is 3.70. The van der Waals surface area contributed by atoms with Gasteiger partial charge in [-0.15, -0.1) is 0 Å². The highest BCUT2D eigenvalue weighted by molar-refractivity contribution is 5.88. The number of carbonyl (C=O) groups excluding carboxylic acids is 1.